The van der Waals surface area contributed by atoms with Crippen LogP contribution < -0.4 is 14.4 Å². The number of aryl methyl sites for hydroxylation is 2. The van der Waals surface area contributed by atoms with E-state index in [-0.39, 0.29) is 12.7 Å². The lowest BCUT2D eigenvalue weighted by molar-refractivity contribution is 0.0985. The number of hydrogen-bond acceptors (Lipinski definition) is 6. The molecule has 0 N–H and O–H groups in total. The van der Waals surface area contributed by atoms with Gasteiger partial charge in [-0.05, 0) is 70.2 Å². The molecule has 0 saturated carbocycles. The van der Waals surface area contributed by atoms with Crippen LogP contribution in [0, 0.1) is 13.8 Å². The highest BCUT2D eigenvalue weighted by Gasteiger charge is 2.24. The molecular formula is C22H25N3O3S. The van der Waals surface area contributed by atoms with Gasteiger partial charge in [-0.15, -0.1) is 0 Å². The van der Waals surface area contributed by atoms with E-state index in [9.17, 15) is 4.79 Å². The van der Waals surface area contributed by atoms with Gasteiger partial charge in [-0.3, -0.25) is 9.69 Å². The van der Waals surface area contributed by atoms with Gasteiger partial charge in [0.1, 0.15) is 0 Å². The largest absolute Gasteiger partial charge is 0.454 e. The molecule has 2 aromatic carbocycles. The Balaban J connectivity index is 1.70. The third kappa shape index (κ3) is 3.93. The summed E-state index contributed by atoms with van der Waals surface area (Å²) < 4.78 is 12.0. The molecule has 0 saturated heterocycles. The zero-order valence-electron chi connectivity index (χ0n) is 17.2. The fourth-order valence-corrected chi connectivity index (χ4v) is 4.51. The van der Waals surface area contributed by atoms with Crippen molar-refractivity contribution in [3.8, 4) is 11.5 Å². The number of nitrogens with zero attached hydrogens (tertiary/aromatic N) is 3. The highest BCUT2D eigenvalue weighted by atomic mass is 32.1. The Morgan fingerprint density at radius 2 is 1.83 bits per heavy atom. The van der Waals surface area contributed by atoms with Gasteiger partial charge in [0.25, 0.3) is 5.91 Å². The van der Waals surface area contributed by atoms with Gasteiger partial charge in [-0.2, -0.15) is 0 Å². The van der Waals surface area contributed by atoms with Crippen molar-refractivity contribution in [3.63, 3.8) is 0 Å². The zero-order chi connectivity index (χ0) is 20.5. The lowest BCUT2D eigenvalue weighted by Crippen LogP contribution is -2.33. The number of rotatable bonds is 6. The van der Waals surface area contributed by atoms with Crippen LogP contribution in [0.3, 0.4) is 0 Å². The minimum atomic E-state index is -0.0728. The SMILES string of the molecule is Cc1ccc(C)c2sc(N(CCCN(C)C)C(=O)c3ccc4c(c3)OCO4)nc12. The van der Waals surface area contributed by atoms with Gasteiger partial charge in [0.2, 0.25) is 6.79 Å². The molecule has 2 heterocycles. The minimum Gasteiger partial charge on any atom is -0.454 e. The van der Waals surface area contributed by atoms with Gasteiger partial charge in [0.05, 0.1) is 10.2 Å². The molecule has 1 aliphatic heterocycles. The Bertz CT molecular complexity index is 1020. The molecule has 6 nitrogen and oxygen atoms in total. The normalized spacial score (nSPS) is 12.7. The number of carbonyl (C=O) groups is 1. The number of aromatic nitrogens is 1. The van der Waals surface area contributed by atoms with E-state index in [4.69, 9.17) is 14.5 Å². The van der Waals surface area contributed by atoms with Crippen molar-refractivity contribution in [3.05, 3.63) is 47.0 Å². The maximum absolute atomic E-state index is 13.5. The summed E-state index contributed by atoms with van der Waals surface area (Å²) in [7, 11) is 4.07. The second-order valence-electron chi connectivity index (χ2n) is 7.56. The second kappa shape index (κ2) is 8.00. The summed E-state index contributed by atoms with van der Waals surface area (Å²) in [6.07, 6.45) is 0.858. The molecule has 0 aliphatic carbocycles. The van der Waals surface area contributed by atoms with Crippen molar-refractivity contribution < 1.29 is 14.3 Å². The van der Waals surface area contributed by atoms with E-state index in [2.05, 4.69) is 30.9 Å². The highest BCUT2D eigenvalue weighted by Crippen LogP contribution is 2.36. The average molecular weight is 412 g/mol. The van der Waals surface area contributed by atoms with E-state index in [1.165, 1.54) is 5.56 Å². The third-order valence-electron chi connectivity index (χ3n) is 5.01. The number of fused-ring (bicyclic) bond motifs is 2. The first-order valence-corrected chi connectivity index (χ1v) is 10.5. The van der Waals surface area contributed by atoms with E-state index in [0.717, 1.165) is 33.9 Å². The Hall–Kier alpha value is -2.64. The first kappa shape index (κ1) is 19.7. The third-order valence-corrected chi connectivity index (χ3v) is 6.23. The number of ether oxygens (including phenoxy) is 2. The molecule has 1 amide bonds. The molecule has 0 radical (unpaired) electrons. The first-order chi connectivity index (χ1) is 13.9. The number of carbonyl (C=O) groups excluding carboxylic acids is 1. The fraction of sp³-hybridized carbons (Fsp3) is 0.364. The fourth-order valence-electron chi connectivity index (χ4n) is 3.38. The van der Waals surface area contributed by atoms with Gasteiger partial charge in [0.15, 0.2) is 16.6 Å². The predicted molar refractivity (Wildman–Crippen MR) is 117 cm³/mol. The summed E-state index contributed by atoms with van der Waals surface area (Å²) in [5.74, 6) is 1.21. The molecule has 1 aromatic heterocycles. The van der Waals surface area contributed by atoms with Crippen molar-refractivity contribution in [1.29, 1.82) is 0 Å². The van der Waals surface area contributed by atoms with Gasteiger partial charge in [0, 0.05) is 12.1 Å². The summed E-state index contributed by atoms with van der Waals surface area (Å²) >= 11 is 1.58. The molecule has 4 rings (SSSR count). The lowest BCUT2D eigenvalue weighted by atomic mass is 10.1. The number of benzene rings is 2. The highest BCUT2D eigenvalue weighted by molar-refractivity contribution is 7.22. The van der Waals surface area contributed by atoms with Crippen LogP contribution in [0.1, 0.15) is 27.9 Å². The number of amides is 1. The maximum atomic E-state index is 13.5. The quantitative estimate of drug-likeness (QED) is 0.607. The van der Waals surface area contributed by atoms with Crippen LogP contribution in [0.4, 0.5) is 5.13 Å². The minimum absolute atomic E-state index is 0.0728. The first-order valence-electron chi connectivity index (χ1n) is 9.67. The smallest absolute Gasteiger partial charge is 0.260 e. The van der Waals surface area contributed by atoms with E-state index < -0.39 is 0 Å². The van der Waals surface area contributed by atoms with E-state index in [0.29, 0.717) is 23.6 Å². The average Bonchev–Trinajstić information content (AvgIpc) is 3.34. The monoisotopic (exact) mass is 411 g/mol. The summed E-state index contributed by atoms with van der Waals surface area (Å²) in [6, 6.07) is 9.53. The Kier molecular flexibility index (Phi) is 5.43. The van der Waals surface area contributed by atoms with Crippen LogP contribution in [-0.2, 0) is 0 Å². The topological polar surface area (TPSA) is 54.9 Å². The summed E-state index contributed by atoms with van der Waals surface area (Å²) in [6.45, 7) is 5.83. The van der Waals surface area contributed by atoms with Gasteiger partial charge < -0.3 is 14.4 Å². The van der Waals surface area contributed by atoms with Crippen molar-refractivity contribution in [2.45, 2.75) is 20.3 Å². The number of thiazole rings is 1. The molecule has 29 heavy (non-hydrogen) atoms. The van der Waals surface area contributed by atoms with E-state index in [1.807, 2.05) is 14.1 Å². The Morgan fingerprint density at radius 1 is 1.07 bits per heavy atom. The van der Waals surface area contributed by atoms with Crippen LogP contribution in [0.2, 0.25) is 0 Å². The Labute approximate surface area is 174 Å². The van der Waals surface area contributed by atoms with Crippen molar-refractivity contribution in [2.24, 2.45) is 0 Å². The van der Waals surface area contributed by atoms with Gasteiger partial charge in [-0.1, -0.05) is 23.5 Å². The molecular weight excluding hydrogens is 386 g/mol. The molecule has 0 fully saturated rings. The van der Waals surface area contributed by atoms with Crippen LogP contribution in [-0.4, -0.2) is 49.8 Å². The van der Waals surface area contributed by atoms with Crippen LogP contribution in [0.15, 0.2) is 30.3 Å². The Morgan fingerprint density at radius 3 is 2.59 bits per heavy atom. The van der Waals surface area contributed by atoms with Crippen molar-refractivity contribution in [2.75, 3.05) is 38.9 Å². The lowest BCUT2D eigenvalue weighted by Gasteiger charge is -2.21. The standard InChI is InChI=1S/C22H25N3O3S/c1-14-6-7-15(2)20-19(14)23-22(29-20)25(11-5-10-24(3)4)21(26)16-8-9-17-18(12-16)28-13-27-17/h6-9,12H,5,10-11,13H2,1-4H3. The number of anilines is 1. The van der Waals surface area contributed by atoms with Crippen LogP contribution in [0.25, 0.3) is 10.2 Å². The van der Waals surface area contributed by atoms with Crippen LogP contribution >= 0.6 is 11.3 Å². The molecule has 1 aliphatic rings. The molecule has 0 unspecified atom stereocenters. The summed E-state index contributed by atoms with van der Waals surface area (Å²) in [4.78, 5) is 22.2. The molecule has 0 bridgehead atoms. The van der Waals surface area contributed by atoms with Gasteiger partial charge in [-0.25, -0.2) is 4.98 Å². The molecule has 0 atom stereocenters. The molecule has 152 valence electrons. The molecule has 3 aromatic rings. The predicted octanol–water partition coefficient (Wildman–Crippen LogP) is 4.24. The van der Waals surface area contributed by atoms with Crippen molar-refractivity contribution in [1.82, 2.24) is 9.88 Å². The van der Waals surface area contributed by atoms with Gasteiger partial charge >= 0.3 is 0 Å². The second-order valence-corrected chi connectivity index (χ2v) is 8.53. The maximum Gasteiger partial charge on any atom is 0.260 e. The number of hydrogen-bond donors (Lipinski definition) is 0. The summed E-state index contributed by atoms with van der Waals surface area (Å²) in [5.41, 5.74) is 3.85. The van der Waals surface area contributed by atoms with Crippen molar-refractivity contribution >= 4 is 32.6 Å². The zero-order valence-corrected chi connectivity index (χ0v) is 18.0. The summed E-state index contributed by atoms with van der Waals surface area (Å²) in [5, 5.41) is 0.735. The van der Waals surface area contributed by atoms with E-state index >= 15 is 0 Å². The van der Waals surface area contributed by atoms with E-state index in [1.54, 1.807) is 34.4 Å². The van der Waals surface area contributed by atoms with Crippen LogP contribution in [0.5, 0.6) is 11.5 Å². The molecule has 7 heteroatoms. The molecule has 0 spiro atoms.